The molecule has 0 bridgehead atoms. The van der Waals surface area contributed by atoms with Gasteiger partial charge in [0.2, 0.25) is 0 Å². The molecule has 0 unspecified atom stereocenters. The first-order valence-electron chi connectivity index (χ1n) is 6.70. The van der Waals surface area contributed by atoms with E-state index in [4.69, 9.17) is 0 Å². The maximum atomic E-state index is 12.2. The van der Waals surface area contributed by atoms with Crippen molar-refractivity contribution >= 4 is 35.8 Å². The van der Waals surface area contributed by atoms with Crippen LogP contribution in [0.5, 0.6) is 0 Å². The van der Waals surface area contributed by atoms with Gasteiger partial charge in [-0.25, -0.2) is 4.98 Å². The molecule has 0 saturated heterocycles. The molecule has 6 heteroatoms. The minimum absolute atomic E-state index is 0.0216. The Hall–Kier alpha value is -2.39. The Balaban J connectivity index is 2.14. The van der Waals surface area contributed by atoms with Crippen molar-refractivity contribution in [3.05, 3.63) is 70.0 Å². The summed E-state index contributed by atoms with van der Waals surface area (Å²) in [5.74, 6) is -0.596. The molecule has 108 valence electrons. The van der Waals surface area contributed by atoms with Gasteiger partial charge in [0.25, 0.3) is 5.91 Å². The Kier molecular flexibility index (Phi) is 5.51. The summed E-state index contributed by atoms with van der Waals surface area (Å²) in [6.45, 7) is 0. The third-order valence-corrected chi connectivity index (χ3v) is 3.48. The molecule has 1 atom stereocenters. The van der Waals surface area contributed by atoms with Crippen molar-refractivity contribution in [1.82, 2.24) is 10.3 Å². The fourth-order valence-corrected chi connectivity index (χ4v) is 2.26. The summed E-state index contributed by atoms with van der Waals surface area (Å²) in [5, 5.41) is 12.0. The maximum absolute atomic E-state index is 12.2. The zero-order chi connectivity index (χ0) is 15.9. The summed E-state index contributed by atoms with van der Waals surface area (Å²) in [4.78, 5) is 16.4. The number of pyridine rings is 1. The SMILES string of the molecule is B[C@H](NC(=O)/C(C#N)=C/c1cccc(Br)n1)c1ccccc1. The van der Waals surface area contributed by atoms with Gasteiger partial charge in [-0.15, -0.1) is 0 Å². The standard InChI is InChI=1S/C16H13BBrN3O/c17-15(11-5-2-1-3-6-11)21-16(22)12(10-19)9-13-7-4-8-14(18)20-13/h1-9,15H,17H2,(H,21,22)/b12-9+/t15-/m1/s1. The van der Waals surface area contributed by atoms with Crippen LogP contribution in [0.4, 0.5) is 0 Å². The second-order valence-electron chi connectivity index (χ2n) is 4.66. The third kappa shape index (κ3) is 4.30. The van der Waals surface area contributed by atoms with Crippen LogP contribution < -0.4 is 5.32 Å². The van der Waals surface area contributed by atoms with E-state index in [9.17, 15) is 10.1 Å². The highest BCUT2D eigenvalue weighted by atomic mass is 79.9. The first kappa shape index (κ1) is 16.0. The highest BCUT2D eigenvalue weighted by molar-refractivity contribution is 9.10. The first-order chi connectivity index (χ1) is 10.6. The van der Waals surface area contributed by atoms with Gasteiger partial charge in [-0.05, 0) is 39.7 Å². The molecule has 1 N–H and O–H groups in total. The highest BCUT2D eigenvalue weighted by Gasteiger charge is 2.13. The molecule has 1 aromatic heterocycles. The van der Waals surface area contributed by atoms with Gasteiger partial charge in [-0.1, -0.05) is 36.4 Å². The Bertz CT molecular complexity index is 741. The number of carbonyl (C=O) groups excluding carboxylic acids is 1. The topological polar surface area (TPSA) is 65.8 Å². The number of carbonyl (C=O) groups is 1. The predicted molar refractivity (Wildman–Crippen MR) is 91.4 cm³/mol. The number of nitrogens with zero attached hydrogens (tertiary/aromatic N) is 2. The molecule has 1 aromatic carbocycles. The Morgan fingerprint density at radius 2 is 2.00 bits per heavy atom. The molecule has 0 aliphatic heterocycles. The van der Waals surface area contributed by atoms with Crippen LogP contribution in [0.25, 0.3) is 6.08 Å². The number of nitriles is 1. The van der Waals surface area contributed by atoms with Gasteiger partial charge in [0, 0.05) is 5.94 Å². The molecule has 0 aliphatic rings. The van der Waals surface area contributed by atoms with E-state index < -0.39 is 5.91 Å². The van der Waals surface area contributed by atoms with Gasteiger partial charge in [0.15, 0.2) is 0 Å². The molecule has 2 aromatic rings. The van der Waals surface area contributed by atoms with Crippen LogP contribution in [0.2, 0.25) is 0 Å². The fraction of sp³-hybridized carbons (Fsp3) is 0.0625. The quantitative estimate of drug-likeness (QED) is 0.396. The molecular formula is C16H13BBrN3O. The zero-order valence-corrected chi connectivity index (χ0v) is 13.5. The summed E-state index contributed by atoms with van der Waals surface area (Å²) < 4.78 is 0.650. The van der Waals surface area contributed by atoms with Gasteiger partial charge in [-0.2, -0.15) is 5.26 Å². The lowest BCUT2D eigenvalue weighted by atomic mass is 9.89. The average molecular weight is 354 g/mol. The number of aromatic nitrogens is 1. The molecule has 0 saturated carbocycles. The molecule has 1 heterocycles. The van der Waals surface area contributed by atoms with Gasteiger partial charge in [-0.3, -0.25) is 4.79 Å². The van der Waals surface area contributed by atoms with E-state index in [1.165, 1.54) is 6.08 Å². The number of hydrogen-bond donors (Lipinski definition) is 1. The van der Waals surface area contributed by atoms with E-state index in [1.54, 1.807) is 18.2 Å². The molecule has 0 radical (unpaired) electrons. The summed E-state index contributed by atoms with van der Waals surface area (Å²) >= 11 is 3.26. The summed E-state index contributed by atoms with van der Waals surface area (Å²) in [6, 6.07) is 16.8. The van der Waals surface area contributed by atoms with E-state index in [2.05, 4.69) is 26.2 Å². The molecule has 0 aliphatic carbocycles. The van der Waals surface area contributed by atoms with Crippen molar-refractivity contribution < 1.29 is 4.79 Å². The normalized spacial score (nSPS) is 12.3. The molecule has 0 spiro atoms. The maximum Gasteiger partial charge on any atom is 0.261 e. The van der Waals surface area contributed by atoms with E-state index in [0.29, 0.717) is 10.3 Å². The van der Waals surface area contributed by atoms with Crippen LogP contribution in [-0.2, 0) is 4.79 Å². The van der Waals surface area contributed by atoms with Gasteiger partial charge < -0.3 is 5.32 Å². The molecular weight excluding hydrogens is 341 g/mol. The van der Waals surface area contributed by atoms with Crippen molar-refractivity contribution in [2.45, 2.75) is 5.94 Å². The van der Waals surface area contributed by atoms with Gasteiger partial charge >= 0.3 is 0 Å². The second kappa shape index (κ2) is 7.57. The molecule has 2 rings (SSSR count). The minimum atomic E-state index is -0.416. The molecule has 1 amide bonds. The molecule has 0 fully saturated rings. The van der Waals surface area contributed by atoms with Gasteiger partial charge in [0.1, 0.15) is 24.1 Å². The van der Waals surface area contributed by atoms with Crippen LogP contribution in [-0.4, -0.2) is 18.7 Å². The largest absolute Gasteiger partial charge is 0.352 e. The van der Waals surface area contributed by atoms with Gasteiger partial charge in [0.05, 0.1) is 5.69 Å². The number of rotatable bonds is 4. The minimum Gasteiger partial charge on any atom is -0.352 e. The van der Waals surface area contributed by atoms with Crippen LogP contribution in [0.3, 0.4) is 0 Å². The van der Waals surface area contributed by atoms with Crippen molar-refractivity contribution in [2.24, 2.45) is 0 Å². The monoisotopic (exact) mass is 353 g/mol. The lowest BCUT2D eigenvalue weighted by Crippen LogP contribution is -2.29. The van der Waals surface area contributed by atoms with Crippen LogP contribution in [0, 0.1) is 11.3 Å². The second-order valence-corrected chi connectivity index (χ2v) is 5.47. The summed E-state index contributed by atoms with van der Waals surface area (Å²) in [6.07, 6.45) is 1.47. The average Bonchev–Trinajstić information content (AvgIpc) is 2.53. The summed E-state index contributed by atoms with van der Waals surface area (Å²) in [7, 11) is 1.87. The highest BCUT2D eigenvalue weighted by Crippen LogP contribution is 2.12. The van der Waals surface area contributed by atoms with Crippen LogP contribution in [0.1, 0.15) is 17.2 Å². The van der Waals surface area contributed by atoms with Crippen molar-refractivity contribution in [2.75, 3.05) is 0 Å². The number of nitrogens with one attached hydrogen (secondary N) is 1. The molecule has 22 heavy (non-hydrogen) atoms. The van der Waals surface area contributed by atoms with E-state index >= 15 is 0 Å². The van der Waals surface area contributed by atoms with E-state index in [1.807, 2.05) is 44.2 Å². The van der Waals surface area contributed by atoms with Crippen molar-refractivity contribution in [3.8, 4) is 6.07 Å². The number of benzene rings is 1. The third-order valence-electron chi connectivity index (χ3n) is 3.04. The van der Waals surface area contributed by atoms with Crippen LogP contribution >= 0.6 is 15.9 Å². The number of amides is 1. The van der Waals surface area contributed by atoms with E-state index in [0.717, 1.165) is 5.56 Å². The summed E-state index contributed by atoms with van der Waals surface area (Å²) in [5.41, 5.74) is 1.55. The molecule has 4 nitrogen and oxygen atoms in total. The lowest BCUT2D eigenvalue weighted by Gasteiger charge is -2.13. The van der Waals surface area contributed by atoms with Crippen LogP contribution in [0.15, 0.2) is 58.7 Å². The van der Waals surface area contributed by atoms with E-state index in [-0.39, 0.29) is 11.5 Å². The smallest absolute Gasteiger partial charge is 0.261 e. The predicted octanol–water partition coefficient (Wildman–Crippen LogP) is 2.20. The van der Waals surface area contributed by atoms with Crippen molar-refractivity contribution in [1.29, 1.82) is 5.26 Å². The fourth-order valence-electron chi connectivity index (χ4n) is 1.90. The Labute approximate surface area is 138 Å². The Morgan fingerprint density at radius 1 is 1.27 bits per heavy atom. The number of hydrogen-bond acceptors (Lipinski definition) is 3. The lowest BCUT2D eigenvalue weighted by molar-refractivity contribution is -0.117. The van der Waals surface area contributed by atoms with Crippen molar-refractivity contribution in [3.63, 3.8) is 0 Å². The Morgan fingerprint density at radius 3 is 2.64 bits per heavy atom. The zero-order valence-electron chi connectivity index (χ0n) is 12.0. The number of halogens is 1. The first-order valence-corrected chi connectivity index (χ1v) is 7.49.